The molecule has 5 nitrogen and oxygen atoms in total. The maximum Gasteiger partial charge on any atom is 0.128 e. The number of pyridine rings is 1. The van der Waals surface area contributed by atoms with Crippen LogP contribution in [-0.4, -0.2) is 42.9 Å². The number of methoxy groups -OCH3 is 1. The molecule has 194 valence electrons. The van der Waals surface area contributed by atoms with E-state index in [1.54, 1.807) is 13.3 Å². The van der Waals surface area contributed by atoms with Gasteiger partial charge >= 0.3 is 0 Å². The van der Waals surface area contributed by atoms with Crippen molar-refractivity contribution in [2.45, 2.75) is 51.3 Å². The van der Waals surface area contributed by atoms with Crippen LogP contribution in [0.25, 0.3) is 10.9 Å². The zero-order valence-corrected chi connectivity index (χ0v) is 20.6. The minimum absolute atomic E-state index is 0.267. The highest BCUT2D eigenvalue weighted by Crippen LogP contribution is 2.40. The van der Waals surface area contributed by atoms with Gasteiger partial charge in [-0.15, -0.1) is 0 Å². The van der Waals surface area contributed by atoms with Crippen LogP contribution in [0.4, 0.5) is 18.9 Å². The van der Waals surface area contributed by atoms with Crippen molar-refractivity contribution in [3.05, 3.63) is 65.4 Å². The fourth-order valence-electron chi connectivity index (χ4n) is 5.41. The molecule has 1 atom stereocenters. The predicted octanol–water partition coefficient (Wildman–Crippen LogP) is 5.55. The summed E-state index contributed by atoms with van der Waals surface area (Å²) < 4.78 is 46.1. The van der Waals surface area contributed by atoms with Gasteiger partial charge in [-0.25, -0.2) is 13.2 Å². The van der Waals surface area contributed by atoms with Crippen molar-refractivity contribution in [2.75, 3.05) is 32.1 Å². The lowest BCUT2D eigenvalue weighted by Gasteiger charge is -2.42. The number of piperidine rings is 1. The molecule has 0 saturated carbocycles. The smallest absolute Gasteiger partial charge is 0.128 e. The minimum atomic E-state index is -0.637. The van der Waals surface area contributed by atoms with Crippen LogP contribution in [0.3, 0.4) is 0 Å². The third-order valence-electron chi connectivity index (χ3n) is 7.44. The summed E-state index contributed by atoms with van der Waals surface area (Å²) in [6.07, 6.45) is 5.44. The molecule has 1 saturated heterocycles. The molecule has 1 fully saturated rings. The van der Waals surface area contributed by atoms with Gasteiger partial charge in [0, 0.05) is 35.4 Å². The fraction of sp³-hybridized carbons (Fsp3) is 0.464. The summed E-state index contributed by atoms with van der Waals surface area (Å²) in [4.78, 5) is 4.40. The first kappa shape index (κ1) is 26.2. The van der Waals surface area contributed by atoms with Gasteiger partial charge in [-0.3, -0.25) is 4.98 Å². The third-order valence-corrected chi connectivity index (χ3v) is 7.44. The molecule has 8 heteroatoms. The van der Waals surface area contributed by atoms with Crippen LogP contribution in [0.15, 0.2) is 42.6 Å². The van der Waals surface area contributed by atoms with Crippen LogP contribution in [0.5, 0.6) is 5.75 Å². The molecule has 4 rings (SSSR count). The first-order valence-corrected chi connectivity index (χ1v) is 12.5. The number of hydrogen-bond acceptors (Lipinski definition) is 5. The molecule has 0 bridgehead atoms. The van der Waals surface area contributed by atoms with Crippen LogP contribution < -0.4 is 15.4 Å². The number of alkyl halides is 1. The summed E-state index contributed by atoms with van der Waals surface area (Å²) in [5, 5.41) is 18.5. The van der Waals surface area contributed by atoms with Gasteiger partial charge in [0.25, 0.3) is 0 Å². The van der Waals surface area contributed by atoms with E-state index in [1.807, 2.05) is 18.2 Å². The second-order valence-electron chi connectivity index (χ2n) is 9.63. The second kappa shape index (κ2) is 11.9. The number of aliphatic hydroxyl groups is 1. The Kier molecular flexibility index (Phi) is 8.69. The molecule has 36 heavy (non-hydrogen) atoms. The Bertz CT molecular complexity index is 1140. The van der Waals surface area contributed by atoms with E-state index in [1.165, 1.54) is 12.1 Å². The van der Waals surface area contributed by atoms with E-state index in [4.69, 9.17) is 4.74 Å². The molecule has 0 aliphatic carbocycles. The number of benzene rings is 2. The second-order valence-corrected chi connectivity index (χ2v) is 9.63. The van der Waals surface area contributed by atoms with Crippen LogP contribution in [-0.2, 0) is 13.1 Å². The lowest BCUT2D eigenvalue weighted by molar-refractivity contribution is -0.00988. The van der Waals surface area contributed by atoms with E-state index in [0.717, 1.165) is 61.3 Å². The van der Waals surface area contributed by atoms with Crippen molar-refractivity contribution in [3.63, 3.8) is 0 Å². The maximum absolute atomic E-state index is 13.8. The number of anilines is 1. The van der Waals surface area contributed by atoms with Crippen molar-refractivity contribution < 1.29 is 23.0 Å². The molecule has 0 spiro atoms. The molecule has 1 aliphatic heterocycles. The number of hydrogen-bond donors (Lipinski definition) is 3. The first-order valence-electron chi connectivity index (χ1n) is 12.5. The minimum Gasteiger partial charge on any atom is -0.497 e. The summed E-state index contributed by atoms with van der Waals surface area (Å²) >= 11 is 0. The third kappa shape index (κ3) is 6.10. The van der Waals surface area contributed by atoms with E-state index in [-0.39, 0.29) is 5.41 Å². The molecule has 3 aromatic rings. The Labute approximate surface area is 210 Å². The van der Waals surface area contributed by atoms with Gasteiger partial charge in [0.05, 0.1) is 18.7 Å². The first-order chi connectivity index (χ1) is 17.4. The molecule has 2 heterocycles. The maximum atomic E-state index is 13.8. The Hall–Kier alpha value is -2.84. The number of ether oxygens (including phenoxy) is 1. The SMILES string of the molecule is COc1ccc2ncc(CF)c(CCCC3(C(O)CCNc4cc(F)cc(F)c4)CCNCC3)c2c1. The molecule has 0 radical (unpaired) electrons. The highest BCUT2D eigenvalue weighted by atomic mass is 19.1. The van der Waals surface area contributed by atoms with Gasteiger partial charge < -0.3 is 20.5 Å². The van der Waals surface area contributed by atoms with Gasteiger partial charge in [-0.1, -0.05) is 0 Å². The topological polar surface area (TPSA) is 66.4 Å². The van der Waals surface area contributed by atoms with E-state index < -0.39 is 24.4 Å². The Morgan fingerprint density at radius 2 is 1.89 bits per heavy atom. The lowest BCUT2D eigenvalue weighted by atomic mass is 9.69. The number of nitrogens with zero attached hydrogens (tertiary/aromatic N) is 1. The van der Waals surface area contributed by atoms with Crippen LogP contribution in [0.1, 0.15) is 43.2 Å². The quantitative estimate of drug-likeness (QED) is 0.322. The Morgan fingerprint density at radius 1 is 1.14 bits per heavy atom. The van der Waals surface area contributed by atoms with Gasteiger partial charge in [0.15, 0.2) is 0 Å². The average molecular weight is 502 g/mol. The van der Waals surface area contributed by atoms with Crippen LogP contribution in [0, 0.1) is 17.0 Å². The number of halogens is 3. The normalized spacial score (nSPS) is 16.1. The molecular weight excluding hydrogens is 467 g/mol. The Morgan fingerprint density at radius 3 is 2.58 bits per heavy atom. The lowest BCUT2D eigenvalue weighted by Crippen LogP contribution is -2.45. The molecule has 1 aromatic heterocycles. The number of nitrogens with one attached hydrogen (secondary N) is 2. The highest BCUT2D eigenvalue weighted by Gasteiger charge is 2.38. The van der Waals surface area contributed by atoms with Crippen molar-refractivity contribution in [1.29, 1.82) is 0 Å². The number of aliphatic hydroxyl groups excluding tert-OH is 1. The summed E-state index contributed by atoms with van der Waals surface area (Å²) in [7, 11) is 1.61. The molecule has 1 aliphatic rings. The number of aromatic nitrogens is 1. The molecule has 2 aromatic carbocycles. The van der Waals surface area contributed by atoms with E-state index in [0.29, 0.717) is 36.4 Å². The number of fused-ring (bicyclic) bond motifs is 1. The summed E-state index contributed by atoms with van der Waals surface area (Å²) in [6.45, 7) is 1.47. The number of rotatable bonds is 11. The molecular formula is C28H34F3N3O2. The standard InChI is InChI=1S/C28H34F3N3O2/c1-36-23-4-5-26-25(16-23)24(19(17-29)18-34-26)3-2-7-28(8-11-32-12-9-28)27(35)6-10-33-22-14-20(30)13-21(31)15-22/h4-5,13-16,18,27,32-33,35H,2-3,6-12,17H2,1H3. The predicted molar refractivity (Wildman–Crippen MR) is 136 cm³/mol. The van der Waals surface area contributed by atoms with E-state index in [9.17, 15) is 18.3 Å². The van der Waals surface area contributed by atoms with Crippen molar-refractivity contribution in [1.82, 2.24) is 10.3 Å². The molecule has 3 N–H and O–H groups in total. The van der Waals surface area contributed by atoms with Gasteiger partial charge in [0.2, 0.25) is 0 Å². The highest BCUT2D eigenvalue weighted by molar-refractivity contribution is 5.84. The summed E-state index contributed by atoms with van der Waals surface area (Å²) in [6, 6.07) is 8.96. The van der Waals surface area contributed by atoms with E-state index >= 15 is 0 Å². The van der Waals surface area contributed by atoms with Crippen molar-refractivity contribution in [2.24, 2.45) is 5.41 Å². The monoisotopic (exact) mass is 501 g/mol. The zero-order chi connectivity index (χ0) is 25.5. The Balaban J connectivity index is 1.44. The van der Waals surface area contributed by atoms with Gasteiger partial charge in [0.1, 0.15) is 24.1 Å². The van der Waals surface area contributed by atoms with Gasteiger partial charge in [-0.2, -0.15) is 0 Å². The number of aryl methyl sites for hydroxylation is 1. The van der Waals surface area contributed by atoms with Gasteiger partial charge in [-0.05, 0) is 92.9 Å². The molecule has 0 amide bonds. The van der Waals surface area contributed by atoms with Crippen LogP contribution in [0.2, 0.25) is 0 Å². The van der Waals surface area contributed by atoms with Crippen molar-refractivity contribution in [3.8, 4) is 5.75 Å². The van der Waals surface area contributed by atoms with E-state index in [2.05, 4.69) is 15.6 Å². The summed E-state index contributed by atoms with van der Waals surface area (Å²) in [5.41, 5.74) is 2.42. The zero-order valence-electron chi connectivity index (χ0n) is 20.6. The van der Waals surface area contributed by atoms with Crippen LogP contribution >= 0.6 is 0 Å². The summed E-state index contributed by atoms with van der Waals surface area (Å²) in [5.74, 6) is -0.568. The molecule has 1 unspecified atom stereocenters. The average Bonchev–Trinajstić information content (AvgIpc) is 2.88. The fourth-order valence-corrected chi connectivity index (χ4v) is 5.41. The van der Waals surface area contributed by atoms with Crippen molar-refractivity contribution >= 4 is 16.6 Å². The largest absolute Gasteiger partial charge is 0.497 e.